The van der Waals surface area contributed by atoms with Crippen LogP contribution < -0.4 is 9.64 Å². The summed E-state index contributed by atoms with van der Waals surface area (Å²) in [5.41, 5.74) is 2.83. The number of rotatable bonds is 7. The summed E-state index contributed by atoms with van der Waals surface area (Å²) in [6.45, 7) is 7.62. The van der Waals surface area contributed by atoms with Gasteiger partial charge >= 0.3 is 0 Å². The topological polar surface area (TPSA) is 62.0 Å². The summed E-state index contributed by atoms with van der Waals surface area (Å²) in [5.74, 6) is 1.68. The van der Waals surface area contributed by atoms with Crippen molar-refractivity contribution < 1.29 is 14.3 Å². The van der Waals surface area contributed by atoms with Crippen molar-refractivity contribution in [3.63, 3.8) is 0 Å². The van der Waals surface area contributed by atoms with Gasteiger partial charge in [0.05, 0.1) is 18.6 Å². The molecule has 3 aromatic rings. The smallest absolute Gasteiger partial charge is 0.176 e. The van der Waals surface area contributed by atoms with Crippen LogP contribution in [0, 0.1) is 0 Å². The van der Waals surface area contributed by atoms with E-state index < -0.39 is 0 Å². The second-order valence-corrected chi connectivity index (χ2v) is 7.11. The predicted octanol–water partition coefficient (Wildman–Crippen LogP) is 3.51. The Balaban J connectivity index is 1.54. The number of piperazine rings is 1. The van der Waals surface area contributed by atoms with Gasteiger partial charge in [0, 0.05) is 31.6 Å². The Morgan fingerprint density at radius 3 is 2.62 bits per heavy atom. The molecule has 0 amide bonds. The van der Waals surface area contributed by atoms with Crippen LogP contribution in [0.5, 0.6) is 5.75 Å². The van der Waals surface area contributed by atoms with Gasteiger partial charge in [-0.1, -0.05) is 25.1 Å². The molecule has 0 radical (unpaired) electrons. The molecule has 0 spiro atoms. The van der Waals surface area contributed by atoms with Crippen LogP contribution in [-0.2, 0) is 0 Å². The predicted molar refractivity (Wildman–Crippen MR) is 116 cm³/mol. The molecule has 0 unspecified atom stereocenters. The van der Waals surface area contributed by atoms with Crippen molar-refractivity contribution in [3.8, 4) is 5.75 Å². The van der Waals surface area contributed by atoms with Crippen LogP contribution in [0.4, 0.5) is 5.82 Å². The largest absolute Gasteiger partial charge is 0.491 e. The highest BCUT2D eigenvalue weighted by molar-refractivity contribution is 5.89. The number of ether oxygens (including phenoxy) is 1. The third-order valence-corrected chi connectivity index (χ3v) is 5.24. The van der Waals surface area contributed by atoms with Crippen LogP contribution in [0.3, 0.4) is 0 Å². The highest BCUT2D eigenvalue weighted by Crippen LogP contribution is 2.28. The van der Waals surface area contributed by atoms with Gasteiger partial charge < -0.3 is 24.1 Å². The molecule has 6 nitrogen and oxygen atoms in total. The van der Waals surface area contributed by atoms with E-state index >= 15 is 0 Å². The number of aliphatic hydroxyl groups is 1. The molecule has 1 fully saturated rings. The van der Waals surface area contributed by atoms with Crippen molar-refractivity contribution in [1.82, 2.24) is 9.88 Å². The number of hydrogen-bond acceptors (Lipinski definition) is 6. The maximum Gasteiger partial charge on any atom is 0.176 e. The molecule has 3 heterocycles. The number of anilines is 1. The third kappa shape index (κ3) is 4.60. The van der Waals surface area contributed by atoms with Gasteiger partial charge in [0.1, 0.15) is 12.4 Å². The second kappa shape index (κ2) is 9.11. The highest BCUT2D eigenvalue weighted by atomic mass is 16.5. The van der Waals surface area contributed by atoms with Gasteiger partial charge in [-0.05, 0) is 42.4 Å². The van der Waals surface area contributed by atoms with Crippen LogP contribution in [0.25, 0.3) is 23.1 Å². The van der Waals surface area contributed by atoms with E-state index in [-0.39, 0.29) is 6.61 Å². The van der Waals surface area contributed by atoms with Crippen molar-refractivity contribution in [2.75, 3.05) is 50.8 Å². The van der Waals surface area contributed by atoms with Gasteiger partial charge in [-0.15, -0.1) is 0 Å². The summed E-state index contributed by atoms with van der Waals surface area (Å²) >= 11 is 0. The van der Waals surface area contributed by atoms with Crippen molar-refractivity contribution in [2.24, 2.45) is 0 Å². The van der Waals surface area contributed by atoms with Crippen molar-refractivity contribution in [3.05, 3.63) is 53.9 Å². The van der Waals surface area contributed by atoms with Gasteiger partial charge in [0.2, 0.25) is 0 Å². The van der Waals surface area contributed by atoms with Crippen molar-refractivity contribution in [1.29, 1.82) is 0 Å². The van der Waals surface area contributed by atoms with Crippen LogP contribution in [-0.4, -0.2) is 60.9 Å². The van der Waals surface area contributed by atoms with E-state index in [9.17, 15) is 0 Å². The van der Waals surface area contributed by atoms with E-state index in [1.165, 1.54) is 0 Å². The van der Waals surface area contributed by atoms with Crippen LogP contribution in [0.1, 0.15) is 18.2 Å². The monoisotopic (exact) mass is 393 g/mol. The summed E-state index contributed by atoms with van der Waals surface area (Å²) < 4.78 is 11.1. The summed E-state index contributed by atoms with van der Waals surface area (Å²) in [7, 11) is 0. The summed E-state index contributed by atoms with van der Waals surface area (Å²) in [4.78, 5) is 9.67. The molecule has 152 valence electrons. The molecule has 0 aliphatic carbocycles. The Morgan fingerprint density at radius 1 is 1.10 bits per heavy atom. The molecule has 1 N–H and O–H groups in total. The number of hydrogen-bond donors (Lipinski definition) is 1. The molecule has 1 aliphatic heterocycles. The molecular formula is C23H27N3O3. The quantitative estimate of drug-likeness (QED) is 0.663. The summed E-state index contributed by atoms with van der Waals surface area (Å²) in [5, 5.41) is 9.91. The second-order valence-electron chi connectivity index (χ2n) is 7.11. The molecule has 29 heavy (non-hydrogen) atoms. The number of furan rings is 1. The Morgan fingerprint density at radius 2 is 1.90 bits per heavy atom. The number of aromatic nitrogens is 1. The number of benzene rings is 1. The van der Waals surface area contributed by atoms with E-state index in [1.807, 2.05) is 42.5 Å². The Kier molecular flexibility index (Phi) is 6.12. The maximum atomic E-state index is 8.84. The molecule has 0 bridgehead atoms. The Hall–Kier alpha value is -2.83. The lowest BCUT2D eigenvalue weighted by molar-refractivity contribution is 0.201. The first-order chi connectivity index (χ1) is 14.3. The lowest BCUT2D eigenvalue weighted by atomic mass is 10.1. The first kappa shape index (κ1) is 19.5. The van der Waals surface area contributed by atoms with E-state index in [0.717, 1.165) is 66.5 Å². The number of pyridine rings is 1. The van der Waals surface area contributed by atoms with Gasteiger partial charge in [-0.2, -0.15) is 0 Å². The van der Waals surface area contributed by atoms with Crippen LogP contribution in [0.15, 0.2) is 47.1 Å². The number of aliphatic hydroxyl groups excluding tert-OH is 1. The van der Waals surface area contributed by atoms with E-state index in [0.29, 0.717) is 6.61 Å². The zero-order valence-electron chi connectivity index (χ0n) is 16.8. The fourth-order valence-corrected chi connectivity index (χ4v) is 3.58. The molecule has 1 aromatic carbocycles. The molecule has 2 aromatic heterocycles. The molecule has 6 heteroatoms. The summed E-state index contributed by atoms with van der Waals surface area (Å²) in [6, 6.07) is 11.8. The SMILES string of the molecule is CCN1CCN(c2nc(/C=C/c3ccc(OCCO)cc3)cc3ccoc23)CC1. The fourth-order valence-electron chi connectivity index (χ4n) is 3.58. The van der Waals surface area contributed by atoms with E-state index in [4.69, 9.17) is 19.2 Å². The van der Waals surface area contributed by atoms with E-state index in [2.05, 4.69) is 22.8 Å². The zero-order valence-corrected chi connectivity index (χ0v) is 16.8. The molecule has 0 atom stereocenters. The van der Waals surface area contributed by atoms with Gasteiger partial charge in [0.25, 0.3) is 0 Å². The minimum absolute atomic E-state index is 0.0135. The van der Waals surface area contributed by atoms with Crippen LogP contribution in [0.2, 0.25) is 0 Å². The van der Waals surface area contributed by atoms with Crippen LogP contribution >= 0.6 is 0 Å². The van der Waals surface area contributed by atoms with Gasteiger partial charge in [-0.3, -0.25) is 0 Å². The first-order valence-corrected chi connectivity index (χ1v) is 10.1. The average Bonchev–Trinajstić information content (AvgIpc) is 3.25. The number of fused-ring (bicyclic) bond motifs is 1. The average molecular weight is 393 g/mol. The molecule has 1 saturated heterocycles. The highest BCUT2D eigenvalue weighted by Gasteiger charge is 2.20. The first-order valence-electron chi connectivity index (χ1n) is 10.1. The fraction of sp³-hybridized carbons (Fsp3) is 0.348. The van der Waals surface area contributed by atoms with Gasteiger partial charge in [0.15, 0.2) is 11.4 Å². The number of likely N-dealkylation sites (N-methyl/N-ethyl adjacent to an activating group) is 1. The molecule has 4 rings (SSSR count). The molecule has 1 aliphatic rings. The Bertz CT molecular complexity index is 957. The van der Waals surface area contributed by atoms with E-state index in [1.54, 1.807) is 6.26 Å². The number of nitrogens with zero attached hydrogens (tertiary/aromatic N) is 3. The maximum absolute atomic E-state index is 8.84. The summed E-state index contributed by atoms with van der Waals surface area (Å²) in [6.07, 6.45) is 5.81. The lowest BCUT2D eigenvalue weighted by Gasteiger charge is -2.34. The minimum atomic E-state index is 0.0135. The van der Waals surface area contributed by atoms with Crippen molar-refractivity contribution >= 4 is 28.9 Å². The minimum Gasteiger partial charge on any atom is -0.491 e. The molecule has 0 saturated carbocycles. The normalized spacial score (nSPS) is 15.4. The van der Waals surface area contributed by atoms with Crippen molar-refractivity contribution in [2.45, 2.75) is 6.92 Å². The Labute approximate surface area is 171 Å². The zero-order chi connectivity index (χ0) is 20.1. The standard InChI is InChI=1S/C23H27N3O3/c1-2-25-10-12-26(13-11-25)23-22-19(9-15-29-22)17-20(24-23)6-3-18-4-7-21(8-5-18)28-16-14-27/h3-9,15,17,27H,2,10-14,16H2,1H3/b6-3+. The lowest BCUT2D eigenvalue weighted by Crippen LogP contribution is -2.46. The van der Waals surface area contributed by atoms with Gasteiger partial charge in [-0.25, -0.2) is 4.98 Å². The molecular weight excluding hydrogens is 366 g/mol. The third-order valence-electron chi connectivity index (χ3n) is 5.24.